The Labute approximate surface area is 198 Å². The molecule has 1 aromatic heterocycles. The number of imide groups is 1. The second kappa shape index (κ2) is 9.27. The van der Waals surface area contributed by atoms with E-state index in [1.807, 2.05) is 22.9 Å². The highest BCUT2D eigenvalue weighted by Gasteiger charge is 2.34. The second-order valence-electron chi connectivity index (χ2n) is 9.45. The molecule has 2 amide bonds. The van der Waals surface area contributed by atoms with E-state index in [2.05, 4.69) is 32.0 Å². The quantitative estimate of drug-likeness (QED) is 0.459. The molecule has 0 spiro atoms. The van der Waals surface area contributed by atoms with Gasteiger partial charge in [-0.1, -0.05) is 0 Å². The van der Waals surface area contributed by atoms with E-state index in [0.717, 1.165) is 44.1 Å². The molecular formula is C24H32N6O4. The number of nitrogens with one attached hydrogen (secondary N) is 3. The van der Waals surface area contributed by atoms with E-state index in [0.29, 0.717) is 43.5 Å². The highest BCUT2D eigenvalue weighted by molar-refractivity contribution is 6.01. The molecule has 4 N–H and O–H groups in total. The molecule has 4 heterocycles. The number of aliphatic hydroxyl groups is 1. The van der Waals surface area contributed by atoms with Gasteiger partial charge in [0, 0.05) is 50.8 Å². The predicted octanol–water partition coefficient (Wildman–Crippen LogP) is 0.786. The number of piperidine rings is 2. The smallest absolute Gasteiger partial charge is 0.249 e. The average Bonchev–Trinajstić information content (AvgIpc) is 3.23. The largest absolute Gasteiger partial charge is 0.495 e. The summed E-state index contributed by atoms with van der Waals surface area (Å²) in [6.07, 6.45) is 2.66. The maximum absolute atomic E-state index is 12.1. The number of ether oxygens (including phenoxy) is 1. The number of benzene rings is 1. The van der Waals surface area contributed by atoms with Crippen LogP contribution in [-0.4, -0.2) is 65.1 Å². The van der Waals surface area contributed by atoms with Crippen molar-refractivity contribution in [2.45, 2.75) is 56.8 Å². The topological polar surface area (TPSA) is 121 Å². The maximum Gasteiger partial charge on any atom is 0.249 e. The molecule has 1 atom stereocenters. The zero-order valence-corrected chi connectivity index (χ0v) is 19.5. The average molecular weight is 469 g/mol. The van der Waals surface area contributed by atoms with E-state index in [9.17, 15) is 14.7 Å². The van der Waals surface area contributed by atoms with Crippen LogP contribution in [0.4, 0.5) is 11.4 Å². The van der Waals surface area contributed by atoms with E-state index in [1.165, 1.54) is 5.69 Å². The number of carbonyl (C=O) groups excluding carboxylic acids is 2. The van der Waals surface area contributed by atoms with Crippen LogP contribution in [0.3, 0.4) is 0 Å². The van der Waals surface area contributed by atoms with Crippen LogP contribution >= 0.6 is 0 Å². The van der Waals surface area contributed by atoms with Gasteiger partial charge in [0.1, 0.15) is 11.8 Å². The molecule has 2 saturated heterocycles. The Kier molecular flexibility index (Phi) is 6.18. The van der Waals surface area contributed by atoms with Gasteiger partial charge in [-0.05, 0) is 37.5 Å². The molecule has 5 rings (SSSR count). The van der Waals surface area contributed by atoms with Crippen molar-refractivity contribution in [3.63, 3.8) is 0 Å². The molecule has 0 radical (unpaired) electrons. The minimum absolute atomic E-state index is 0.236. The molecule has 1 unspecified atom stereocenters. The first-order valence-electron chi connectivity index (χ1n) is 11.9. The lowest BCUT2D eigenvalue weighted by molar-refractivity contribution is -0.133. The fourth-order valence-electron chi connectivity index (χ4n) is 5.05. The summed E-state index contributed by atoms with van der Waals surface area (Å²) in [6.45, 7) is 4.09. The number of methoxy groups -OCH3 is 1. The van der Waals surface area contributed by atoms with Crippen molar-refractivity contribution in [2.75, 3.05) is 37.0 Å². The van der Waals surface area contributed by atoms with Crippen LogP contribution in [-0.2, 0) is 29.1 Å². The molecule has 2 aromatic rings. The van der Waals surface area contributed by atoms with Gasteiger partial charge < -0.3 is 25.4 Å². The molecule has 0 saturated carbocycles. The maximum atomic E-state index is 12.1. The van der Waals surface area contributed by atoms with Gasteiger partial charge in [-0.15, -0.1) is 0 Å². The van der Waals surface area contributed by atoms with Gasteiger partial charge in [-0.25, -0.2) is 0 Å². The van der Waals surface area contributed by atoms with Gasteiger partial charge in [-0.2, -0.15) is 5.10 Å². The molecule has 0 bridgehead atoms. The van der Waals surface area contributed by atoms with E-state index in [-0.39, 0.29) is 11.8 Å². The van der Waals surface area contributed by atoms with Crippen LogP contribution in [0.1, 0.15) is 37.1 Å². The summed E-state index contributed by atoms with van der Waals surface area (Å²) in [4.78, 5) is 25.7. The molecule has 3 aliphatic rings. The van der Waals surface area contributed by atoms with E-state index in [4.69, 9.17) is 4.74 Å². The number of hydrogen-bond acceptors (Lipinski definition) is 8. The lowest BCUT2D eigenvalue weighted by Gasteiger charge is -2.39. The van der Waals surface area contributed by atoms with Crippen LogP contribution in [0, 0.1) is 0 Å². The number of fused-ring (bicyclic) bond motifs is 1. The predicted molar refractivity (Wildman–Crippen MR) is 127 cm³/mol. The van der Waals surface area contributed by atoms with Gasteiger partial charge in [0.25, 0.3) is 0 Å². The van der Waals surface area contributed by atoms with Crippen molar-refractivity contribution >= 4 is 23.2 Å². The molecule has 34 heavy (non-hydrogen) atoms. The zero-order chi connectivity index (χ0) is 23.7. The molecule has 0 aliphatic carbocycles. The molecule has 1 aromatic carbocycles. The highest BCUT2D eigenvalue weighted by Crippen LogP contribution is 2.34. The number of anilines is 2. The lowest BCUT2D eigenvalue weighted by Crippen LogP contribution is -2.47. The Morgan fingerprint density at radius 3 is 2.79 bits per heavy atom. The lowest BCUT2D eigenvalue weighted by atomic mass is 9.86. The minimum atomic E-state index is -0.758. The van der Waals surface area contributed by atoms with Crippen molar-refractivity contribution in [3.05, 3.63) is 35.7 Å². The number of aromatic nitrogens is 2. The normalized spacial score (nSPS) is 22.2. The molecule has 3 aliphatic heterocycles. The molecule has 10 nitrogen and oxygen atoms in total. The summed E-state index contributed by atoms with van der Waals surface area (Å²) in [5.41, 5.74) is 3.11. The summed E-state index contributed by atoms with van der Waals surface area (Å²) in [6, 6.07) is 7.50. The Morgan fingerprint density at radius 1 is 1.24 bits per heavy atom. The summed E-state index contributed by atoms with van der Waals surface area (Å²) >= 11 is 0. The third kappa shape index (κ3) is 4.74. The van der Waals surface area contributed by atoms with Gasteiger partial charge in [0.05, 0.1) is 36.3 Å². The van der Waals surface area contributed by atoms with Crippen LogP contribution in [0.15, 0.2) is 24.3 Å². The summed E-state index contributed by atoms with van der Waals surface area (Å²) < 4.78 is 7.62. The van der Waals surface area contributed by atoms with Gasteiger partial charge in [0.15, 0.2) is 0 Å². The number of carbonyl (C=O) groups is 2. The monoisotopic (exact) mass is 468 g/mol. The summed E-state index contributed by atoms with van der Waals surface area (Å²) in [7, 11) is 1.60. The third-order valence-electron chi connectivity index (χ3n) is 7.04. The standard InChI is InChI=1S/C24H32N6O4/c1-34-21-13-17(2-3-19(21)26-20-4-5-22(31)27-23(20)32)29-9-6-24(33,7-10-29)14-16-12-18-15-25-8-11-30(18)28-16/h2-3,12-13,20,25-26,33H,4-11,14-15H2,1H3,(H,27,31,32). The molecule has 2 fully saturated rings. The Morgan fingerprint density at radius 2 is 2.06 bits per heavy atom. The molecule has 10 heteroatoms. The van der Waals surface area contributed by atoms with E-state index >= 15 is 0 Å². The highest BCUT2D eigenvalue weighted by atomic mass is 16.5. The summed E-state index contributed by atoms with van der Waals surface area (Å²) in [5, 5.41) is 24.8. The van der Waals surface area contributed by atoms with Gasteiger partial charge >= 0.3 is 0 Å². The minimum Gasteiger partial charge on any atom is -0.495 e. The van der Waals surface area contributed by atoms with Crippen LogP contribution in [0.25, 0.3) is 0 Å². The zero-order valence-electron chi connectivity index (χ0n) is 19.5. The van der Waals surface area contributed by atoms with Gasteiger partial charge in [0.2, 0.25) is 11.8 Å². The SMILES string of the molecule is COc1cc(N2CCC(O)(Cc3cc4n(n3)CCNC4)CC2)ccc1NC1CCC(=O)NC1=O. The third-order valence-corrected chi connectivity index (χ3v) is 7.04. The van der Waals surface area contributed by atoms with Crippen LogP contribution < -0.4 is 25.6 Å². The van der Waals surface area contributed by atoms with Crippen molar-refractivity contribution < 1.29 is 19.4 Å². The first-order chi connectivity index (χ1) is 16.4. The molecule has 182 valence electrons. The van der Waals surface area contributed by atoms with Crippen molar-refractivity contribution in [1.82, 2.24) is 20.4 Å². The molecular weight excluding hydrogens is 436 g/mol. The van der Waals surface area contributed by atoms with E-state index in [1.54, 1.807) is 7.11 Å². The number of rotatable bonds is 6. The Balaban J connectivity index is 1.21. The Hall–Kier alpha value is -3.11. The first-order valence-corrected chi connectivity index (χ1v) is 11.9. The van der Waals surface area contributed by atoms with Crippen LogP contribution in [0.5, 0.6) is 5.75 Å². The fraction of sp³-hybridized carbons (Fsp3) is 0.542. The van der Waals surface area contributed by atoms with Crippen molar-refractivity contribution in [2.24, 2.45) is 0 Å². The van der Waals surface area contributed by atoms with E-state index < -0.39 is 11.6 Å². The summed E-state index contributed by atoms with van der Waals surface area (Å²) in [5.74, 6) is 0.0905. The number of hydrogen-bond donors (Lipinski definition) is 4. The fourth-order valence-corrected chi connectivity index (χ4v) is 5.05. The van der Waals surface area contributed by atoms with Crippen molar-refractivity contribution in [1.29, 1.82) is 0 Å². The van der Waals surface area contributed by atoms with Gasteiger partial charge in [-0.3, -0.25) is 19.6 Å². The number of nitrogens with zero attached hydrogens (tertiary/aromatic N) is 3. The first kappa shape index (κ1) is 22.7. The number of amides is 2. The Bertz CT molecular complexity index is 1050. The van der Waals surface area contributed by atoms with Crippen molar-refractivity contribution in [3.8, 4) is 5.75 Å². The van der Waals surface area contributed by atoms with Crippen LogP contribution in [0.2, 0.25) is 0 Å². The second-order valence-corrected chi connectivity index (χ2v) is 9.45.